The zero-order valence-corrected chi connectivity index (χ0v) is 14.5. The van der Waals surface area contributed by atoms with Crippen LogP contribution in [-0.4, -0.2) is 31.2 Å². The molecule has 0 spiro atoms. The second-order valence-electron chi connectivity index (χ2n) is 6.54. The molecule has 1 aliphatic heterocycles. The number of benzene rings is 2. The van der Waals surface area contributed by atoms with Gasteiger partial charge in [0.2, 0.25) is 5.91 Å². The SMILES string of the molecule is CC1CN(c2ccc(NC(=O)Cc3ccc(F)cc3)cc2)C(C)CO1. The van der Waals surface area contributed by atoms with Crippen LogP contribution in [0.15, 0.2) is 48.5 Å². The van der Waals surface area contributed by atoms with Crippen LogP contribution < -0.4 is 10.2 Å². The summed E-state index contributed by atoms with van der Waals surface area (Å²) in [5.41, 5.74) is 2.66. The van der Waals surface area contributed by atoms with E-state index in [-0.39, 0.29) is 24.2 Å². The molecule has 1 aliphatic rings. The highest BCUT2D eigenvalue weighted by Crippen LogP contribution is 2.23. The largest absolute Gasteiger partial charge is 0.375 e. The van der Waals surface area contributed by atoms with Crippen LogP contribution in [0, 0.1) is 5.82 Å². The molecule has 3 rings (SSSR count). The molecule has 1 amide bonds. The van der Waals surface area contributed by atoms with Crippen molar-refractivity contribution in [3.8, 4) is 0 Å². The van der Waals surface area contributed by atoms with Crippen molar-refractivity contribution >= 4 is 17.3 Å². The molecule has 132 valence electrons. The number of halogens is 1. The number of amides is 1. The van der Waals surface area contributed by atoms with E-state index < -0.39 is 0 Å². The predicted molar refractivity (Wildman–Crippen MR) is 97.4 cm³/mol. The Labute approximate surface area is 147 Å². The van der Waals surface area contributed by atoms with Crippen molar-refractivity contribution in [3.05, 3.63) is 59.9 Å². The van der Waals surface area contributed by atoms with Gasteiger partial charge in [-0.05, 0) is 55.8 Å². The Bertz CT molecular complexity index is 715. The lowest BCUT2D eigenvalue weighted by Gasteiger charge is -2.38. The molecule has 0 aromatic heterocycles. The van der Waals surface area contributed by atoms with Gasteiger partial charge in [0.1, 0.15) is 5.82 Å². The maximum atomic E-state index is 12.9. The number of hydrogen-bond donors (Lipinski definition) is 1. The molecule has 2 unspecified atom stereocenters. The molecule has 0 bridgehead atoms. The van der Waals surface area contributed by atoms with E-state index in [1.807, 2.05) is 24.3 Å². The lowest BCUT2D eigenvalue weighted by molar-refractivity contribution is -0.115. The first kappa shape index (κ1) is 17.4. The molecule has 0 aliphatic carbocycles. The predicted octanol–water partition coefficient (Wildman–Crippen LogP) is 3.62. The summed E-state index contributed by atoms with van der Waals surface area (Å²) in [6.07, 6.45) is 0.436. The molecule has 1 heterocycles. The number of carbonyl (C=O) groups excluding carboxylic acids is 1. The standard InChI is InChI=1S/C20H23FN2O2/c1-14-13-25-15(2)12-23(14)19-9-7-18(8-10-19)22-20(24)11-16-3-5-17(21)6-4-16/h3-10,14-15H,11-13H2,1-2H3,(H,22,24). The molecular formula is C20H23FN2O2. The first-order valence-electron chi connectivity index (χ1n) is 8.54. The van der Waals surface area contributed by atoms with Crippen LogP contribution in [0.1, 0.15) is 19.4 Å². The molecule has 1 saturated heterocycles. The highest BCUT2D eigenvalue weighted by atomic mass is 19.1. The third-order valence-electron chi connectivity index (χ3n) is 4.37. The highest BCUT2D eigenvalue weighted by molar-refractivity contribution is 5.92. The van der Waals surface area contributed by atoms with Gasteiger partial charge in [0.25, 0.3) is 0 Å². The van der Waals surface area contributed by atoms with E-state index in [1.54, 1.807) is 12.1 Å². The molecule has 0 radical (unpaired) electrons. The van der Waals surface area contributed by atoms with Gasteiger partial charge in [0, 0.05) is 24.0 Å². The van der Waals surface area contributed by atoms with Gasteiger partial charge in [-0.3, -0.25) is 4.79 Å². The zero-order chi connectivity index (χ0) is 17.8. The topological polar surface area (TPSA) is 41.6 Å². The average Bonchev–Trinajstić information content (AvgIpc) is 2.60. The van der Waals surface area contributed by atoms with Crippen molar-refractivity contribution in [1.82, 2.24) is 0 Å². The third-order valence-corrected chi connectivity index (χ3v) is 4.37. The fraction of sp³-hybridized carbons (Fsp3) is 0.350. The van der Waals surface area contributed by atoms with Crippen molar-refractivity contribution in [1.29, 1.82) is 0 Å². The first-order chi connectivity index (χ1) is 12.0. The van der Waals surface area contributed by atoms with E-state index in [9.17, 15) is 9.18 Å². The molecule has 2 aromatic rings. The monoisotopic (exact) mass is 342 g/mol. The van der Waals surface area contributed by atoms with E-state index in [1.165, 1.54) is 12.1 Å². The summed E-state index contributed by atoms with van der Waals surface area (Å²) < 4.78 is 18.6. The second-order valence-corrected chi connectivity index (χ2v) is 6.54. The van der Waals surface area contributed by atoms with Gasteiger partial charge < -0.3 is 15.0 Å². The number of carbonyl (C=O) groups is 1. The van der Waals surface area contributed by atoms with Gasteiger partial charge in [-0.2, -0.15) is 0 Å². The number of ether oxygens (including phenoxy) is 1. The normalized spacial score (nSPS) is 20.4. The Morgan fingerprint density at radius 3 is 2.52 bits per heavy atom. The molecule has 1 N–H and O–H groups in total. The summed E-state index contributed by atoms with van der Waals surface area (Å²) in [5, 5.41) is 2.88. The van der Waals surface area contributed by atoms with Gasteiger partial charge in [-0.25, -0.2) is 4.39 Å². The van der Waals surface area contributed by atoms with E-state index >= 15 is 0 Å². The molecule has 2 aromatic carbocycles. The molecule has 5 heteroatoms. The third kappa shape index (κ3) is 4.57. The minimum atomic E-state index is -0.300. The Balaban J connectivity index is 1.60. The number of nitrogens with one attached hydrogen (secondary N) is 1. The number of hydrogen-bond acceptors (Lipinski definition) is 3. The molecule has 2 atom stereocenters. The summed E-state index contributed by atoms with van der Waals surface area (Å²) in [4.78, 5) is 14.4. The Morgan fingerprint density at radius 1 is 1.16 bits per heavy atom. The molecule has 4 nitrogen and oxygen atoms in total. The van der Waals surface area contributed by atoms with Gasteiger partial charge in [0.05, 0.1) is 19.1 Å². The zero-order valence-electron chi connectivity index (χ0n) is 14.5. The molecule has 0 saturated carbocycles. The van der Waals surface area contributed by atoms with Crippen molar-refractivity contribution in [3.63, 3.8) is 0 Å². The number of nitrogens with zero attached hydrogens (tertiary/aromatic N) is 1. The summed E-state index contributed by atoms with van der Waals surface area (Å²) in [6.45, 7) is 5.79. The van der Waals surface area contributed by atoms with Crippen LogP contribution in [0.5, 0.6) is 0 Å². The van der Waals surface area contributed by atoms with E-state index in [2.05, 4.69) is 24.1 Å². The number of anilines is 2. The smallest absolute Gasteiger partial charge is 0.228 e. The van der Waals surface area contributed by atoms with Gasteiger partial charge in [-0.1, -0.05) is 12.1 Å². The average molecular weight is 342 g/mol. The second kappa shape index (κ2) is 7.66. The van der Waals surface area contributed by atoms with Crippen molar-refractivity contribution < 1.29 is 13.9 Å². The van der Waals surface area contributed by atoms with E-state index in [0.29, 0.717) is 6.04 Å². The van der Waals surface area contributed by atoms with Crippen molar-refractivity contribution in [2.24, 2.45) is 0 Å². The van der Waals surface area contributed by atoms with Crippen LogP contribution >= 0.6 is 0 Å². The van der Waals surface area contributed by atoms with Crippen LogP contribution in [0.2, 0.25) is 0 Å². The lowest BCUT2D eigenvalue weighted by atomic mass is 10.1. The van der Waals surface area contributed by atoms with Gasteiger partial charge >= 0.3 is 0 Å². The summed E-state index contributed by atoms with van der Waals surface area (Å²) in [7, 11) is 0. The Hall–Kier alpha value is -2.40. The van der Waals surface area contributed by atoms with Crippen LogP contribution in [-0.2, 0) is 16.0 Å². The van der Waals surface area contributed by atoms with E-state index in [4.69, 9.17) is 4.74 Å². The maximum Gasteiger partial charge on any atom is 0.228 e. The summed E-state index contributed by atoms with van der Waals surface area (Å²) in [6, 6.07) is 14.1. The number of rotatable bonds is 4. The van der Waals surface area contributed by atoms with Gasteiger partial charge in [0.15, 0.2) is 0 Å². The fourth-order valence-corrected chi connectivity index (χ4v) is 2.99. The van der Waals surface area contributed by atoms with Crippen LogP contribution in [0.4, 0.5) is 15.8 Å². The fourth-order valence-electron chi connectivity index (χ4n) is 2.99. The first-order valence-corrected chi connectivity index (χ1v) is 8.54. The van der Waals surface area contributed by atoms with Crippen molar-refractivity contribution in [2.45, 2.75) is 32.4 Å². The minimum Gasteiger partial charge on any atom is -0.375 e. The van der Waals surface area contributed by atoms with Crippen molar-refractivity contribution in [2.75, 3.05) is 23.4 Å². The lowest BCUT2D eigenvalue weighted by Crippen LogP contribution is -2.47. The molecular weight excluding hydrogens is 319 g/mol. The maximum absolute atomic E-state index is 12.9. The van der Waals surface area contributed by atoms with Crippen LogP contribution in [0.3, 0.4) is 0 Å². The van der Waals surface area contributed by atoms with Crippen LogP contribution in [0.25, 0.3) is 0 Å². The quantitative estimate of drug-likeness (QED) is 0.923. The summed E-state index contributed by atoms with van der Waals surface area (Å²) >= 11 is 0. The highest BCUT2D eigenvalue weighted by Gasteiger charge is 2.23. The Morgan fingerprint density at radius 2 is 1.84 bits per heavy atom. The summed E-state index contributed by atoms with van der Waals surface area (Å²) in [5.74, 6) is -0.417. The number of morpholine rings is 1. The van der Waals surface area contributed by atoms with Gasteiger partial charge in [-0.15, -0.1) is 0 Å². The Kier molecular flexibility index (Phi) is 5.34. The molecule has 25 heavy (non-hydrogen) atoms. The minimum absolute atomic E-state index is 0.118. The van der Waals surface area contributed by atoms with E-state index in [0.717, 1.165) is 30.1 Å². The molecule has 1 fully saturated rings.